The van der Waals surface area contributed by atoms with Gasteiger partial charge in [0, 0.05) is 25.0 Å². The summed E-state index contributed by atoms with van der Waals surface area (Å²) in [7, 11) is 0. The molecule has 0 spiro atoms. The van der Waals surface area contributed by atoms with Gasteiger partial charge in [0.1, 0.15) is 5.78 Å². The van der Waals surface area contributed by atoms with Crippen molar-refractivity contribution in [3.05, 3.63) is 0 Å². The lowest BCUT2D eigenvalue weighted by Crippen LogP contribution is -2.38. The van der Waals surface area contributed by atoms with Gasteiger partial charge in [0.05, 0.1) is 19.1 Å². The number of hydrogen-bond acceptors (Lipinski definition) is 3. The summed E-state index contributed by atoms with van der Waals surface area (Å²) in [4.78, 5) is 14.3. The highest BCUT2D eigenvalue weighted by Crippen LogP contribution is 2.33. The summed E-state index contributed by atoms with van der Waals surface area (Å²) < 4.78 is 5.52. The van der Waals surface area contributed by atoms with E-state index < -0.39 is 0 Å². The van der Waals surface area contributed by atoms with E-state index in [1.807, 2.05) is 0 Å². The fourth-order valence-corrected chi connectivity index (χ4v) is 2.18. The van der Waals surface area contributed by atoms with Crippen molar-refractivity contribution in [2.75, 3.05) is 26.3 Å². The Morgan fingerprint density at radius 3 is 2.67 bits per heavy atom. The average Bonchev–Trinajstić information content (AvgIpc) is 3.04. The average molecular weight is 211 g/mol. The van der Waals surface area contributed by atoms with E-state index in [2.05, 4.69) is 18.7 Å². The lowest BCUT2D eigenvalue weighted by atomic mass is 10.0. The minimum atomic E-state index is 0.127. The molecule has 3 nitrogen and oxygen atoms in total. The van der Waals surface area contributed by atoms with Gasteiger partial charge in [0.25, 0.3) is 0 Å². The number of carbonyl (C=O) groups is 1. The molecule has 3 heteroatoms. The molecule has 0 aromatic carbocycles. The van der Waals surface area contributed by atoms with Crippen molar-refractivity contribution in [1.29, 1.82) is 0 Å². The van der Waals surface area contributed by atoms with Crippen molar-refractivity contribution in [2.24, 2.45) is 11.8 Å². The second kappa shape index (κ2) is 4.62. The Morgan fingerprint density at radius 2 is 2.07 bits per heavy atom. The lowest BCUT2D eigenvalue weighted by molar-refractivity contribution is -0.125. The normalized spacial score (nSPS) is 29.1. The van der Waals surface area contributed by atoms with Gasteiger partial charge in [-0.1, -0.05) is 0 Å². The van der Waals surface area contributed by atoms with Crippen LogP contribution >= 0.6 is 0 Å². The minimum absolute atomic E-state index is 0.127. The van der Waals surface area contributed by atoms with Crippen LogP contribution in [0.3, 0.4) is 0 Å². The summed E-state index contributed by atoms with van der Waals surface area (Å²) in [5.41, 5.74) is 0. The molecular formula is C12H21NO2. The Balaban J connectivity index is 1.94. The number of rotatable bonds is 3. The highest BCUT2D eigenvalue weighted by atomic mass is 16.5. The topological polar surface area (TPSA) is 29.5 Å². The highest BCUT2D eigenvalue weighted by Gasteiger charge is 2.36. The van der Waals surface area contributed by atoms with Gasteiger partial charge in [-0.15, -0.1) is 0 Å². The zero-order valence-corrected chi connectivity index (χ0v) is 9.74. The van der Waals surface area contributed by atoms with Crippen molar-refractivity contribution in [1.82, 2.24) is 4.90 Å². The summed E-state index contributed by atoms with van der Waals surface area (Å²) in [6.45, 7) is 7.64. The van der Waals surface area contributed by atoms with Crippen LogP contribution in [0, 0.1) is 11.8 Å². The molecule has 0 unspecified atom stereocenters. The van der Waals surface area contributed by atoms with E-state index in [1.165, 1.54) is 0 Å². The number of Topliss-reactive ketones (excluding diaryl/α,β-unsaturated/α-hetero) is 1. The summed E-state index contributed by atoms with van der Waals surface area (Å²) in [6, 6.07) is 0.515. The molecule has 1 atom stereocenters. The van der Waals surface area contributed by atoms with Crippen molar-refractivity contribution in [3.8, 4) is 0 Å². The summed E-state index contributed by atoms with van der Waals surface area (Å²) >= 11 is 0. The van der Waals surface area contributed by atoms with E-state index in [0.29, 0.717) is 24.3 Å². The van der Waals surface area contributed by atoms with Crippen molar-refractivity contribution < 1.29 is 9.53 Å². The molecule has 1 aliphatic carbocycles. The Morgan fingerprint density at radius 1 is 1.33 bits per heavy atom. The van der Waals surface area contributed by atoms with Crippen LogP contribution in [0.25, 0.3) is 0 Å². The van der Waals surface area contributed by atoms with Crippen LogP contribution in [0.4, 0.5) is 0 Å². The van der Waals surface area contributed by atoms with Crippen LogP contribution in [0.5, 0.6) is 0 Å². The van der Waals surface area contributed by atoms with Gasteiger partial charge >= 0.3 is 0 Å². The van der Waals surface area contributed by atoms with E-state index >= 15 is 0 Å². The van der Waals surface area contributed by atoms with Crippen molar-refractivity contribution in [3.63, 3.8) is 0 Å². The quantitative estimate of drug-likeness (QED) is 0.705. The summed E-state index contributed by atoms with van der Waals surface area (Å²) in [5, 5.41) is 0. The largest absolute Gasteiger partial charge is 0.379 e. The molecule has 15 heavy (non-hydrogen) atoms. The fraction of sp³-hybridized carbons (Fsp3) is 0.917. The first kappa shape index (κ1) is 11.1. The van der Waals surface area contributed by atoms with E-state index in [0.717, 1.165) is 32.5 Å². The van der Waals surface area contributed by atoms with Gasteiger partial charge in [0.15, 0.2) is 0 Å². The van der Waals surface area contributed by atoms with Crippen molar-refractivity contribution >= 4 is 5.78 Å². The monoisotopic (exact) mass is 211 g/mol. The van der Waals surface area contributed by atoms with Crippen LogP contribution in [-0.2, 0) is 9.53 Å². The minimum Gasteiger partial charge on any atom is -0.379 e. The van der Waals surface area contributed by atoms with Gasteiger partial charge in [-0.2, -0.15) is 0 Å². The molecule has 0 N–H and O–H groups in total. The van der Waals surface area contributed by atoms with E-state index in [9.17, 15) is 4.79 Å². The molecule has 1 saturated heterocycles. The number of hydrogen-bond donors (Lipinski definition) is 0. The van der Waals surface area contributed by atoms with Crippen LogP contribution in [0.2, 0.25) is 0 Å². The molecule has 0 amide bonds. The van der Waals surface area contributed by atoms with Crippen LogP contribution < -0.4 is 0 Å². The Labute approximate surface area is 91.8 Å². The predicted octanol–water partition coefficient (Wildman–Crippen LogP) is 1.32. The Hall–Kier alpha value is -0.410. The third kappa shape index (κ3) is 2.79. The number of carbonyl (C=O) groups excluding carboxylic acids is 1. The Kier molecular flexibility index (Phi) is 3.42. The van der Waals surface area contributed by atoms with Gasteiger partial charge in [0.2, 0.25) is 0 Å². The highest BCUT2D eigenvalue weighted by molar-refractivity contribution is 5.85. The van der Waals surface area contributed by atoms with E-state index in [1.54, 1.807) is 0 Å². The molecule has 86 valence electrons. The molecule has 2 fully saturated rings. The maximum atomic E-state index is 12.0. The molecule has 2 aliphatic rings. The zero-order chi connectivity index (χ0) is 10.8. The summed E-state index contributed by atoms with van der Waals surface area (Å²) in [6.07, 6.45) is 2.22. The first-order valence-electron chi connectivity index (χ1n) is 6.04. The van der Waals surface area contributed by atoms with Crippen LogP contribution in [0.15, 0.2) is 0 Å². The maximum absolute atomic E-state index is 12.0. The predicted molar refractivity (Wildman–Crippen MR) is 58.7 cm³/mol. The first-order chi connectivity index (χ1) is 7.18. The van der Waals surface area contributed by atoms with Gasteiger partial charge in [-0.25, -0.2) is 0 Å². The molecule has 1 aliphatic heterocycles. The van der Waals surface area contributed by atoms with Crippen LogP contribution in [0.1, 0.15) is 26.7 Å². The standard InChI is InChI=1S/C12H21NO2/c1-9(2)13-5-6-15-8-11(7-13)12(14)10-3-4-10/h9-11H,3-8H2,1-2H3/t11-/m0/s1. The van der Waals surface area contributed by atoms with Crippen LogP contribution in [-0.4, -0.2) is 43.0 Å². The van der Waals surface area contributed by atoms with E-state index in [4.69, 9.17) is 4.74 Å². The molecule has 0 aromatic rings. The summed E-state index contributed by atoms with van der Waals surface area (Å²) in [5.74, 6) is 0.940. The van der Waals surface area contributed by atoms with E-state index in [-0.39, 0.29) is 5.92 Å². The third-order valence-corrected chi connectivity index (χ3v) is 3.41. The second-order valence-corrected chi connectivity index (χ2v) is 5.04. The van der Waals surface area contributed by atoms with Crippen molar-refractivity contribution in [2.45, 2.75) is 32.7 Å². The maximum Gasteiger partial charge on any atom is 0.142 e. The molecule has 2 rings (SSSR count). The molecule has 1 heterocycles. The second-order valence-electron chi connectivity index (χ2n) is 5.04. The zero-order valence-electron chi connectivity index (χ0n) is 9.74. The lowest BCUT2D eigenvalue weighted by Gasteiger charge is -2.26. The number of nitrogens with zero attached hydrogens (tertiary/aromatic N) is 1. The van der Waals surface area contributed by atoms with Gasteiger partial charge in [-0.05, 0) is 26.7 Å². The number of ketones is 1. The first-order valence-corrected chi connectivity index (χ1v) is 6.04. The molecule has 0 aromatic heterocycles. The SMILES string of the molecule is CC(C)N1CCOC[C@@H](C(=O)C2CC2)C1. The molecule has 0 bridgehead atoms. The third-order valence-electron chi connectivity index (χ3n) is 3.41. The molecular weight excluding hydrogens is 190 g/mol. The molecule has 1 saturated carbocycles. The Bertz CT molecular complexity index is 236. The fourth-order valence-electron chi connectivity index (χ4n) is 2.18. The van der Waals surface area contributed by atoms with Gasteiger partial charge < -0.3 is 4.74 Å². The smallest absolute Gasteiger partial charge is 0.142 e. The number of ether oxygens (including phenoxy) is 1. The van der Waals surface area contributed by atoms with Gasteiger partial charge in [-0.3, -0.25) is 9.69 Å². The molecule has 0 radical (unpaired) electrons.